The summed E-state index contributed by atoms with van der Waals surface area (Å²) >= 11 is 0. The van der Waals surface area contributed by atoms with Crippen molar-refractivity contribution in [1.82, 2.24) is 0 Å². The van der Waals surface area contributed by atoms with E-state index in [4.69, 9.17) is 0 Å². The van der Waals surface area contributed by atoms with Crippen LogP contribution in [0.5, 0.6) is 0 Å². The highest BCUT2D eigenvalue weighted by Crippen LogP contribution is 2.09. The fourth-order valence-electron chi connectivity index (χ4n) is 1.93. The molecule has 0 saturated carbocycles. The zero-order valence-electron chi connectivity index (χ0n) is 12.1. The molecule has 0 heterocycles. The molecule has 21 heavy (non-hydrogen) atoms. The van der Waals surface area contributed by atoms with Gasteiger partial charge in [-0.3, -0.25) is 14.6 Å². The van der Waals surface area contributed by atoms with Crippen LogP contribution in [0.2, 0.25) is 0 Å². The maximum Gasteiger partial charge on any atom is 0.214 e. The van der Waals surface area contributed by atoms with E-state index < -0.39 is 0 Å². The second kappa shape index (κ2) is 6.75. The summed E-state index contributed by atoms with van der Waals surface area (Å²) in [6, 6.07) is 17.4. The Kier molecular flexibility index (Phi) is 4.77. The first-order valence-corrected chi connectivity index (χ1v) is 6.87. The van der Waals surface area contributed by atoms with Gasteiger partial charge in [-0.15, -0.1) is 0 Å². The largest absolute Gasteiger partial charge is 0.287 e. The summed E-state index contributed by atoms with van der Waals surface area (Å²) in [5, 5.41) is 0. The van der Waals surface area contributed by atoms with Crippen LogP contribution >= 0.6 is 0 Å². The van der Waals surface area contributed by atoms with E-state index >= 15 is 0 Å². The lowest BCUT2D eigenvalue weighted by molar-refractivity contribution is 0.102. The van der Waals surface area contributed by atoms with Gasteiger partial charge in [-0.1, -0.05) is 60.7 Å². The Morgan fingerprint density at radius 3 is 1.48 bits per heavy atom. The molecule has 0 amide bonds. The molecule has 0 N–H and O–H groups in total. The van der Waals surface area contributed by atoms with Crippen molar-refractivity contribution in [1.29, 1.82) is 0 Å². The van der Waals surface area contributed by atoms with Crippen LogP contribution in [0, 0.1) is 0 Å². The molecule has 0 atom stereocenters. The van der Waals surface area contributed by atoms with Gasteiger partial charge in [-0.2, -0.15) is 0 Å². The van der Waals surface area contributed by atoms with Crippen molar-refractivity contribution in [3.05, 3.63) is 71.8 Å². The predicted molar refractivity (Wildman–Crippen MR) is 84.1 cm³/mol. The van der Waals surface area contributed by atoms with Crippen molar-refractivity contribution < 1.29 is 9.59 Å². The maximum atomic E-state index is 12.5. The smallest absolute Gasteiger partial charge is 0.214 e. The summed E-state index contributed by atoms with van der Waals surface area (Å²) in [4.78, 5) is 29.3. The van der Waals surface area contributed by atoms with Gasteiger partial charge in [0.1, 0.15) is 0 Å². The molecule has 0 unspecified atom stereocenters. The lowest BCUT2D eigenvalue weighted by Gasteiger charge is -2.07. The average molecular weight is 279 g/mol. The molecular weight excluding hydrogens is 262 g/mol. The first-order chi connectivity index (χ1) is 10.1. The zero-order valence-corrected chi connectivity index (χ0v) is 12.1. The third-order valence-corrected chi connectivity index (χ3v) is 2.89. The Balaban J connectivity index is 2.41. The normalized spacial score (nSPS) is 10.2. The van der Waals surface area contributed by atoms with Crippen LogP contribution in [0.4, 0.5) is 0 Å². The second-order valence-electron chi connectivity index (χ2n) is 4.96. The maximum absolute atomic E-state index is 12.5. The highest BCUT2D eigenvalue weighted by atomic mass is 16.2. The second-order valence-corrected chi connectivity index (χ2v) is 4.96. The van der Waals surface area contributed by atoms with Crippen LogP contribution in [0.1, 0.15) is 34.6 Å². The fourth-order valence-corrected chi connectivity index (χ4v) is 1.93. The number of benzene rings is 2. The average Bonchev–Trinajstić information content (AvgIpc) is 2.53. The number of hydrogen-bond acceptors (Lipinski definition) is 3. The van der Waals surface area contributed by atoms with E-state index in [-0.39, 0.29) is 23.3 Å². The number of carbonyl (C=O) groups excluding carboxylic acids is 2. The fraction of sp³-hybridized carbons (Fsp3) is 0.167. The Hall–Kier alpha value is -2.55. The Morgan fingerprint density at radius 2 is 1.14 bits per heavy atom. The number of aliphatic imine (C=N–C) groups is 1. The number of ketones is 2. The van der Waals surface area contributed by atoms with Gasteiger partial charge in [0.15, 0.2) is 5.71 Å². The molecule has 0 aromatic heterocycles. The molecule has 0 bridgehead atoms. The van der Waals surface area contributed by atoms with Crippen molar-refractivity contribution in [2.45, 2.75) is 19.9 Å². The van der Waals surface area contributed by atoms with Gasteiger partial charge in [0, 0.05) is 17.2 Å². The molecular formula is C18H17NO2. The Morgan fingerprint density at radius 1 is 0.762 bits per heavy atom. The molecule has 106 valence electrons. The van der Waals surface area contributed by atoms with E-state index in [0.717, 1.165) is 0 Å². The Bertz CT molecular complexity index is 605. The predicted octanol–water partition coefficient (Wildman–Crippen LogP) is 3.60. The lowest BCUT2D eigenvalue weighted by Crippen LogP contribution is -2.26. The van der Waals surface area contributed by atoms with Gasteiger partial charge < -0.3 is 0 Å². The molecule has 0 spiro atoms. The molecule has 0 saturated heterocycles. The van der Waals surface area contributed by atoms with Crippen LogP contribution in [0.25, 0.3) is 0 Å². The minimum absolute atomic E-state index is 0.0117. The molecule has 2 aromatic carbocycles. The van der Waals surface area contributed by atoms with Gasteiger partial charge in [0.25, 0.3) is 0 Å². The van der Waals surface area contributed by atoms with Crippen molar-refractivity contribution in [2.24, 2.45) is 4.99 Å². The van der Waals surface area contributed by atoms with Gasteiger partial charge in [-0.25, -0.2) is 0 Å². The van der Waals surface area contributed by atoms with Crippen LogP contribution < -0.4 is 0 Å². The first-order valence-electron chi connectivity index (χ1n) is 6.87. The number of nitrogens with zero attached hydrogens (tertiary/aromatic N) is 1. The van der Waals surface area contributed by atoms with Crippen LogP contribution in [0.3, 0.4) is 0 Å². The highest BCUT2D eigenvalue weighted by molar-refractivity contribution is 6.71. The summed E-state index contributed by atoms with van der Waals surface area (Å²) in [7, 11) is 0. The van der Waals surface area contributed by atoms with E-state index in [1.165, 1.54) is 0 Å². The van der Waals surface area contributed by atoms with E-state index in [2.05, 4.69) is 4.99 Å². The number of hydrogen-bond donors (Lipinski definition) is 0. The van der Waals surface area contributed by atoms with Gasteiger partial charge in [0.05, 0.1) is 0 Å². The standard InChI is InChI=1S/C18H17NO2/c1-13(2)19-16(17(20)14-9-5-3-6-10-14)18(21)15-11-7-4-8-12-15/h3-13H,1-2H3. The van der Waals surface area contributed by atoms with Gasteiger partial charge in [-0.05, 0) is 13.8 Å². The summed E-state index contributed by atoms with van der Waals surface area (Å²) in [5.41, 5.74) is 0.935. The molecule has 2 rings (SSSR count). The van der Waals surface area contributed by atoms with Crippen molar-refractivity contribution in [2.75, 3.05) is 0 Å². The topological polar surface area (TPSA) is 46.5 Å². The molecule has 0 aliphatic carbocycles. The molecule has 0 aliphatic rings. The third kappa shape index (κ3) is 3.72. The Labute approximate surface area is 124 Å². The molecule has 0 aliphatic heterocycles. The minimum Gasteiger partial charge on any atom is -0.287 e. The van der Waals surface area contributed by atoms with Crippen LogP contribution in [-0.4, -0.2) is 23.3 Å². The summed E-state index contributed by atoms with van der Waals surface area (Å²) in [6.07, 6.45) is 0. The molecule has 2 aromatic rings. The highest BCUT2D eigenvalue weighted by Gasteiger charge is 2.23. The number of carbonyl (C=O) groups is 2. The zero-order chi connectivity index (χ0) is 15.2. The van der Waals surface area contributed by atoms with Crippen molar-refractivity contribution in [3.8, 4) is 0 Å². The van der Waals surface area contributed by atoms with Gasteiger partial charge in [0.2, 0.25) is 11.6 Å². The summed E-state index contributed by atoms with van der Waals surface area (Å²) in [6.45, 7) is 3.69. The van der Waals surface area contributed by atoms with E-state index in [0.29, 0.717) is 11.1 Å². The monoisotopic (exact) mass is 279 g/mol. The van der Waals surface area contributed by atoms with E-state index in [1.807, 2.05) is 26.0 Å². The molecule has 0 fully saturated rings. The molecule has 0 radical (unpaired) electrons. The molecule has 3 heteroatoms. The number of Topliss-reactive ketones (excluding diaryl/α,β-unsaturated/α-hetero) is 2. The van der Waals surface area contributed by atoms with Crippen molar-refractivity contribution >= 4 is 17.3 Å². The number of rotatable bonds is 5. The van der Waals surface area contributed by atoms with Gasteiger partial charge >= 0.3 is 0 Å². The van der Waals surface area contributed by atoms with E-state index in [1.54, 1.807) is 48.5 Å². The van der Waals surface area contributed by atoms with Crippen molar-refractivity contribution in [3.63, 3.8) is 0 Å². The van der Waals surface area contributed by atoms with Crippen LogP contribution in [0.15, 0.2) is 65.7 Å². The molecule has 3 nitrogen and oxygen atoms in total. The minimum atomic E-state index is -0.335. The summed E-state index contributed by atoms with van der Waals surface area (Å²) in [5.74, 6) is -0.670. The quantitative estimate of drug-likeness (QED) is 0.477. The summed E-state index contributed by atoms with van der Waals surface area (Å²) < 4.78 is 0. The third-order valence-electron chi connectivity index (χ3n) is 2.89. The first kappa shape index (κ1) is 14.9. The van der Waals surface area contributed by atoms with Crippen LogP contribution in [-0.2, 0) is 0 Å². The SMILES string of the molecule is CC(C)N=C(C(=O)c1ccccc1)C(=O)c1ccccc1. The van der Waals surface area contributed by atoms with E-state index in [9.17, 15) is 9.59 Å². The lowest BCUT2D eigenvalue weighted by atomic mass is 9.99.